The van der Waals surface area contributed by atoms with Crippen LogP contribution in [0.1, 0.15) is 28.8 Å². The summed E-state index contributed by atoms with van der Waals surface area (Å²) in [5.74, 6) is 1.02. The average molecular weight is 380 g/mol. The Morgan fingerprint density at radius 3 is 2.25 bits per heavy atom. The lowest BCUT2D eigenvalue weighted by Gasteiger charge is -2.14. The van der Waals surface area contributed by atoms with Gasteiger partial charge >= 0.3 is 0 Å². The van der Waals surface area contributed by atoms with E-state index in [0.29, 0.717) is 34.9 Å². The molecule has 146 valence electrons. The molecule has 1 aliphatic carbocycles. The number of anilines is 2. The first kappa shape index (κ1) is 19.5. The molecule has 6 nitrogen and oxygen atoms in total. The topological polar surface area (TPSA) is 76.7 Å². The predicted octanol–water partition coefficient (Wildman–Crippen LogP) is 4.03. The summed E-state index contributed by atoms with van der Waals surface area (Å²) in [5, 5.41) is 5.73. The predicted molar refractivity (Wildman–Crippen MR) is 109 cm³/mol. The number of allylic oxidation sites excluding steroid dienone is 1. The fraction of sp³-hybridized carbons (Fsp3) is 0.273. The summed E-state index contributed by atoms with van der Waals surface area (Å²) in [5.41, 5.74) is 2.63. The molecule has 0 heterocycles. The summed E-state index contributed by atoms with van der Waals surface area (Å²) in [6.45, 7) is 3.75. The average Bonchev–Trinajstić information content (AvgIpc) is 3.54. The third-order valence-corrected chi connectivity index (χ3v) is 4.54. The molecule has 0 spiro atoms. The molecular weight excluding hydrogens is 356 g/mol. The fourth-order valence-electron chi connectivity index (χ4n) is 2.91. The molecule has 28 heavy (non-hydrogen) atoms. The zero-order valence-electron chi connectivity index (χ0n) is 16.1. The molecule has 2 N–H and O–H groups in total. The van der Waals surface area contributed by atoms with Crippen LogP contribution in [0.5, 0.6) is 11.5 Å². The maximum Gasteiger partial charge on any atom is 0.255 e. The third kappa shape index (κ3) is 4.52. The second-order valence-electron chi connectivity index (χ2n) is 6.66. The van der Waals surface area contributed by atoms with E-state index in [1.54, 1.807) is 49.6 Å². The molecule has 0 aromatic heterocycles. The quantitative estimate of drug-likeness (QED) is 0.678. The molecule has 2 aromatic rings. The van der Waals surface area contributed by atoms with Gasteiger partial charge in [-0.05, 0) is 55.7 Å². The molecule has 1 saturated carbocycles. The molecule has 0 radical (unpaired) electrons. The van der Waals surface area contributed by atoms with E-state index in [0.717, 1.165) is 18.4 Å². The molecule has 0 unspecified atom stereocenters. The molecular formula is C22H24N2O4. The van der Waals surface area contributed by atoms with Crippen LogP contribution in [0.4, 0.5) is 11.4 Å². The van der Waals surface area contributed by atoms with Crippen molar-refractivity contribution in [2.45, 2.75) is 19.3 Å². The van der Waals surface area contributed by atoms with Crippen molar-refractivity contribution in [2.24, 2.45) is 5.92 Å². The molecule has 0 bridgehead atoms. The Hall–Kier alpha value is -3.28. The highest BCUT2D eigenvalue weighted by molar-refractivity contribution is 6.05. The number of hydrogen-bond donors (Lipinski definition) is 2. The van der Waals surface area contributed by atoms with Crippen LogP contribution < -0.4 is 20.1 Å². The second kappa shape index (κ2) is 8.61. The molecule has 1 fully saturated rings. The third-order valence-electron chi connectivity index (χ3n) is 4.54. The van der Waals surface area contributed by atoms with Gasteiger partial charge in [0.05, 0.1) is 14.2 Å². The van der Waals surface area contributed by atoms with Gasteiger partial charge in [0.25, 0.3) is 5.91 Å². The summed E-state index contributed by atoms with van der Waals surface area (Å²) in [6, 6.07) is 10.5. The Bertz CT molecular complexity index is 886. The van der Waals surface area contributed by atoms with Crippen molar-refractivity contribution < 1.29 is 19.1 Å². The van der Waals surface area contributed by atoms with Crippen molar-refractivity contribution in [1.82, 2.24) is 0 Å². The molecule has 0 saturated heterocycles. The van der Waals surface area contributed by atoms with Crippen LogP contribution in [0, 0.1) is 5.92 Å². The second-order valence-corrected chi connectivity index (χ2v) is 6.66. The van der Waals surface area contributed by atoms with Gasteiger partial charge < -0.3 is 20.1 Å². The zero-order chi connectivity index (χ0) is 20.1. The molecule has 2 amide bonds. The van der Waals surface area contributed by atoms with Crippen LogP contribution in [-0.4, -0.2) is 26.0 Å². The summed E-state index contributed by atoms with van der Waals surface area (Å²) >= 11 is 0. The largest absolute Gasteiger partial charge is 0.493 e. The van der Waals surface area contributed by atoms with E-state index in [4.69, 9.17) is 9.47 Å². The lowest BCUT2D eigenvalue weighted by atomic mass is 10.0. The summed E-state index contributed by atoms with van der Waals surface area (Å²) in [7, 11) is 3.10. The van der Waals surface area contributed by atoms with Crippen molar-refractivity contribution in [3.8, 4) is 11.5 Å². The summed E-state index contributed by atoms with van der Waals surface area (Å²) in [6.07, 6.45) is 4.21. The number of carbonyl (C=O) groups excluding carboxylic acids is 2. The Morgan fingerprint density at radius 2 is 1.71 bits per heavy atom. The number of benzene rings is 2. The van der Waals surface area contributed by atoms with E-state index in [-0.39, 0.29) is 17.7 Å². The SMILES string of the molecule is C=CCc1cc(C(=O)Nc2ccc(NC(=O)C3CC3)cc2)cc(OC)c1OC. The van der Waals surface area contributed by atoms with Gasteiger partial charge in [-0.1, -0.05) is 6.08 Å². The summed E-state index contributed by atoms with van der Waals surface area (Å²) < 4.78 is 10.8. The minimum Gasteiger partial charge on any atom is -0.493 e. The molecule has 3 rings (SSSR count). The van der Waals surface area contributed by atoms with Crippen LogP contribution in [0.2, 0.25) is 0 Å². The van der Waals surface area contributed by atoms with Gasteiger partial charge in [0, 0.05) is 28.4 Å². The molecule has 1 aliphatic rings. The minimum atomic E-state index is -0.263. The van der Waals surface area contributed by atoms with Crippen molar-refractivity contribution in [1.29, 1.82) is 0 Å². The van der Waals surface area contributed by atoms with Crippen molar-refractivity contribution >= 4 is 23.2 Å². The molecule has 0 aliphatic heterocycles. The maximum atomic E-state index is 12.7. The summed E-state index contributed by atoms with van der Waals surface area (Å²) in [4.78, 5) is 24.5. The molecule has 2 aromatic carbocycles. The van der Waals surface area contributed by atoms with E-state index in [2.05, 4.69) is 17.2 Å². The van der Waals surface area contributed by atoms with E-state index < -0.39 is 0 Å². The molecule has 0 atom stereocenters. The van der Waals surface area contributed by atoms with Gasteiger partial charge in [-0.25, -0.2) is 0 Å². The lowest BCUT2D eigenvalue weighted by Crippen LogP contribution is -2.14. The Morgan fingerprint density at radius 1 is 1.07 bits per heavy atom. The van der Waals surface area contributed by atoms with Gasteiger partial charge in [-0.15, -0.1) is 6.58 Å². The van der Waals surface area contributed by atoms with Gasteiger partial charge in [-0.2, -0.15) is 0 Å². The Labute approximate surface area is 164 Å². The first-order valence-electron chi connectivity index (χ1n) is 9.13. The number of amides is 2. The van der Waals surface area contributed by atoms with Gasteiger partial charge in [0.2, 0.25) is 5.91 Å². The van der Waals surface area contributed by atoms with E-state index in [1.165, 1.54) is 7.11 Å². The fourth-order valence-corrected chi connectivity index (χ4v) is 2.91. The van der Waals surface area contributed by atoms with Crippen molar-refractivity contribution in [3.05, 3.63) is 60.2 Å². The zero-order valence-corrected chi connectivity index (χ0v) is 16.1. The Balaban J connectivity index is 1.73. The Kier molecular flexibility index (Phi) is 5.99. The standard InChI is InChI=1S/C22H24N2O4/c1-4-5-15-12-16(13-19(27-2)20(15)28-3)22(26)24-18-10-8-17(9-11-18)23-21(25)14-6-7-14/h4,8-14H,1,5-7H2,2-3H3,(H,23,25)(H,24,26). The first-order chi connectivity index (χ1) is 13.5. The minimum absolute atomic E-state index is 0.0526. The van der Waals surface area contributed by atoms with Crippen LogP contribution >= 0.6 is 0 Å². The smallest absolute Gasteiger partial charge is 0.255 e. The van der Waals surface area contributed by atoms with Gasteiger partial charge in [0.1, 0.15) is 0 Å². The highest BCUT2D eigenvalue weighted by Crippen LogP contribution is 2.33. The lowest BCUT2D eigenvalue weighted by molar-refractivity contribution is -0.117. The first-order valence-corrected chi connectivity index (χ1v) is 9.13. The van der Waals surface area contributed by atoms with Gasteiger partial charge in [0.15, 0.2) is 11.5 Å². The number of carbonyl (C=O) groups is 2. The van der Waals surface area contributed by atoms with Crippen LogP contribution in [0.15, 0.2) is 49.1 Å². The van der Waals surface area contributed by atoms with Crippen LogP contribution in [-0.2, 0) is 11.2 Å². The van der Waals surface area contributed by atoms with E-state index in [9.17, 15) is 9.59 Å². The van der Waals surface area contributed by atoms with E-state index in [1.807, 2.05) is 0 Å². The van der Waals surface area contributed by atoms with E-state index >= 15 is 0 Å². The highest BCUT2D eigenvalue weighted by atomic mass is 16.5. The normalized spacial score (nSPS) is 12.8. The highest BCUT2D eigenvalue weighted by Gasteiger charge is 2.29. The number of hydrogen-bond acceptors (Lipinski definition) is 4. The number of nitrogens with one attached hydrogen (secondary N) is 2. The van der Waals surface area contributed by atoms with Crippen molar-refractivity contribution in [3.63, 3.8) is 0 Å². The van der Waals surface area contributed by atoms with Crippen LogP contribution in [0.3, 0.4) is 0 Å². The van der Waals surface area contributed by atoms with Crippen molar-refractivity contribution in [2.75, 3.05) is 24.9 Å². The monoisotopic (exact) mass is 380 g/mol. The van der Waals surface area contributed by atoms with Crippen LogP contribution in [0.25, 0.3) is 0 Å². The van der Waals surface area contributed by atoms with Gasteiger partial charge in [-0.3, -0.25) is 9.59 Å². The number of ether oxygens (including phenoxy) is 2. The molecule has 6 heteroatoms. The maximum absolute atomic E-state index is 12.7. The number of methoxy groups -OCH3 is 2. The number of rotatable bonds is 8.